The van der Waals surface area contributed by atoms with Gasteiger partial charge in [-0.3, -0.25) is 19.5 Å². The molecule has 2 saturated heterocycles. The van der Waals surface area contributed by atoms with Gasteiger partial charge in [0.2, 0.25) is 5.91 Å². The van der Waals surface area contributed by atoms with Crippen molar-refractivity contribution in [3.63, 3.8) is 0 Å². The minimum absolute atomic E-state index is 0.0864. The van der Waals surface area contributed by atoms with Crippen LogP contribution in [0.3, 0.4) is 0 Å². The average Bonchev–Trinajstić information content (AvgIpc) is 3.26. The molecule has 3 aliphatic rings. The minimum Gasteiger partial charge on any atom is -0.340 e. The monoisotopic (exact) mass is 450 g/mol. The zero-order chi connectivity index (χ0) is 22.0. The lowest BCUT2D eigenvalue weighted by atomic mass is 9.90. The number of amides is 2. The summed E-state index contributed by atoms with van der Waals surface area (Å²) in [5.41, 5.74) is 3.06. The molecule has 2 aliphatic heterocycles. The molecule has 1 aliphatic carbocycles. The van der Waals surface area contributed by atoms with E-state index in [9.17, 15) is 9.59 Å². The number of likely N-dealkylation sites (tertiary alicyclic amines) is 1. The molecular weight excluding hydrogens is 420 g/mol. The van der Waals surface area contributed by atoms with Gasteiger partial charge >= 0.3 is 0 Å². The van der Waals surface area contributed by atoms with Crippen molar-refractivity contribution in [3.05, 3.63) is 58.6 Å². The molecule has 1 aromatic heterocycles. The highest BCUT2D eigenvalue weighted by atomic mass is 32.1. The van der Waals surface area contributed by atoms with E-state index in [-0.39, 0.29) is 17.2 Å². The molecule has 1 spiro atoms. The first-order chi connectivity index (χ1) is 15.6. The molecule has 5 rings (SSSR count). The molecule has 3 heterocycles. The van der Waals surface area contributed by atoms with E-state index in [2.05, 4.69) is 51.2 Å². The Kier molecular flexibility index (Phi) is 6.11. The van der Waals surface area contributed by atoms with Crippen molar-refractivity contribution in [3.8, 4) is 0 Å². The van der Waals surface area contributed by atoms with Gasteiger partial charge in [-0.05, 0) is 30.2 Å². The van der Waals surface area contributed by atoms with E-state index in [0.717, 1.165) is 65.1 Å². The van der Waals surface area contributed by atoms with E-state index in [4.69, 9.17) is 0 Å². The summed E-state index contributed by atoms with van der Waals surface area (Å²) in [4.78, 5) is 36.8. The van der Waals surface area contributed by atoms with Crippen LogP contribution in [0, 0.1) is 11.3 Å². The number of rotatable bonds is 5. The fourth-order valence-corrected chi connectivity index (χ4v) is 5.74. The largest absolute Gasteiger partial charge is 0.340 e. The minimum atomic E-state index is 0.0864. The van der Waals surface area contributed by atoms with Crippen molar-refractivity contribution in [2.75, 3.05) is 45.8 Å². The number of carbonyl (C=O) groups is 2. The number of aromatic nitrogens is 1. The van der Waals surface area contributed by atoms with Crippen LogP contribution in [0.5, 0.6) is 0 Å². The van der Waals surface area contributed by atoms with Crippen molar-refractivity contribution < 1.29 is 9.59 Å². The maximum absolute atomic E-state index is 13.1. The zero-order valence-electron chi connectivity index (χ0n) is 18.4. The molecule has 1 atom stereocenters. The second-order valence-corrected chi connectivity index (χ2v) is 10.1. The summed E-state index contributed by atoms with van der Waals surface area (Å²) in [6.07, 6.45) is 8.91. The number of benzene rings is 1. The Morgan fingerprint density at radius 1 is 1.03 bits per heavy atom. The molecular formula is C25H30N4O2S. The van der Waals surface area contributed by atoms with Gasteiger partial charge in [-0.15, -0.1) is 11.3 Å². The van der Waals surface area contributed by atoms with Gasteiger partial charge in [0.25, 0.3) is 5.91 Å². The van der Waals surface area contributed by atoms with Crippen LogP contribution in [0.2, 0.25) is 0 Å². The second kappa shape index (κ2) is 9.16. The molecule has 7 heteroatoms. The number of hydrogen-bond acceptors (Lipinski definition) is 5. The summed E-state index contributed by atoms with van der Waals surface area (Å²) < 4.78 is 0. The fourth-order valence-electron chi connectivity index (χ4n) is 5.16. The van der Waals surface area contributed by atoms with Crippen LogP contribution in [-0.4, -0.2) is 77.3 Å². The maximum atomic E-state index is 13.1. The second-order valence-electron chi connectivity index (χ2n) is 9.22. The van der Waals surface area contributed by atoms with Gasteiger partial charge in [0.15, 0.2) is 0 Å². The lowest BCUT2D eigenvalue weighted by molar-refractivity contribution is -0.135. The number of carbonyl (C=O) groups excluding carboxylic acids is 2. The molecule has 1 saturated carbocycles. The SMILES string of the molecule is O=C(c1cncs1)N1CCC2(CC1)CC2C(=O)N1CCN(C/C=C/c2ccccc2)CC1. The zero-order valence-corrected chi connectivity index (χ0v) is 19.2. The van der Waals surface area contributed by atoms with Crippen LogP contribution in [0.4, 0.5) is 0 Å². The van der Waals surface area contributed by atoms with E-state index in [1.165, 1.54) is 16.9 Å². The molecule has 3 fully saturated rings. The highest BCUT2D eigenvalue weighted by Crippen LogP contribution is 2.60. The van der Waals surface area contributed by atoms with Crippen LogP contribution in [0.25, 0.3) is 6.08 Å². The predicted molar refractivity (Wildman–Crippen MR) is 126 cm³/mol. The molecule has 6 nitrogen and oxygen atoms in total. The normalized spacial score (nSPS) is 23.1. The fraction of sp³-hybridized carbons (Fsp3) is 0.480. The van der Waals surface area contributed by atoms with Crippen LogP contribution >= 0.6 is 11.3 Å². The van der Waals surface area contributed by atoms with Gasteiger partial charge in [0.05, 0.1) is 11.7 Å². The first-order valence-corrected chi connectivity index (χ1v) is 12.4. The Balaban J connectivity index is 1.06. The quantitative estimate of drug-likeness (QED) is 0.702. The molecule has 0 N–H and O–H groups in total. The number of piperidine rings is 1. The summed E-state index contributed by atoms with van der Waals surface area (Å²) in [7, 11) is 0. The van der Waals surface area contributed by atoms with Gasteiger partial charge < -0.3 is 9.80 Å². The topological polar surface area (TPSA) is 56.8 Å². The van der Waals surface area contributed by atoms with Crippen LogP contribution in [0.1, 0.15) is 34.5 Å². The van der Waals surface area contributed by atoms with E-state index in [1.54, 1.807) is 11.7 Å². The van der Waals surface area contributed by atoms with E-state index >= 15 is 0 Å². The molecule has 2 aromatic rings. The van der Waals surface area contributed by atoms with Gasteiger partial charge in [0, 0.05) is 51.7 Å². The summed E-state index contributed by atoms with van der Waals surface area (Å²) in [5.74, 6) is 0.586. The summed E-state index contributed by atoms with van der Waals surface area (Å²) in [6.45, 7) is 5.93. The van der Waals surface area contributed by atoms with Crippen molar-refractivity contribution in [2.45, 2.75) is 19.3 Å². The Morgan fingerprint density at radius 2 is 1.78 bits per heavy atom. The van der Waals surface area contributed by atoms with Crippen LogP contribution < -0.4 is 0 Å². The third-order valence-electron chi connectivity index (χ3n) is 7.33. The molecule has 168 valence electrons. The smallest absolute Gasteiger partial charge is 0.265 e. The summed E-state index contributed by atoms with van der Waals surface area (Å²) in [5, 5.41) is 0. The molecule has 2 amide bonds. The van der Waals surface area contributed by atoms with Crippen molar-refractivity contribution in [1.82, 2.24) is 19.7 Å². The molecule has 32 heavy (non-hydrogen) atoms. The van der Waals surface area contributed by atoms with E-state index < -0.39 is 0 Å². The molecule has 0 bridgehead atoms. The Hall–Kier alpha value is -2.51. The highest BCUT2D eigenvalue weighted by Gasteiger charge is 2.59. The summed E-state index contributed by atoms with van der Waals surface area (Å²) in [6, 6.07) is 10.4. The van der Waals surface area contributed by atoms with Crippen molar-refractivity contribution in [1.29, 1.82) is 0 Å². The van der Waals surface area contributed by atoms with Gasteiger partial charge in [-0.1, -0.05) is 42.5 Å². The third-order valence-corrected chi connectivity index (χ3v) is 8.10. The van der Waals surface area contributed by atoms with Gasteiger partial charge in [-0.25, -0.2) is 0 Å². The van der Waals surface area contributed by atoms with Crippen LogP contribution in [-0.2, 0) is 4.79 Å². The Bertz CT molecular complexity index is 959. The Labute approximate surface area is 193 Å². The van der Waals surface area contributed by atoms with E-state index in [0.29, 0.717) is 10.8 Å². The first kappa shape index (κ1) is 21.3. The third kappa shape index (κ3) is 4.50. The van der Waals surface area contributed by atoms with Crippen LogP contribution in [0.15, 0.2) is 48.1 Å². The maximum Gasteiger partial charge on any atom is 0.265 e. The molecule has 1 aromatic carbocycles. The highest BCUT2D eigenvalue weighted by molar-refractivity contribution is 7.11. The lowest BCUT2D eigenvalue weighted by Gasteiger charge is -2.36. The predicted octanol–water partition coefficient (Wildman–Crippen LogP) is 3.24. The lowest BCUT2D eigenvalue weighted by Crippen LogP contribution is -2.49. The van der Waals surface area contributed by atoms with Crippen molar-refractivity contribution in [2.24, 2.45) is 11.3 Å². The van der Waals surface area contributed by atoms with E-state index in [1.807, 2.05) is 11.0 Å². The standard InChI is InChI=1S/C25H30N4O2S/c30-23(29-15-13-27(14-16-29)10-4-7-20-5-2-1-3-6-20)21-17-25(21)8-11-28(12-9-25)24(31)22-18-26-19-32-22/h1-7,18-19,21H,8-17H2/b7-4+. The molecule has 1 unspecified atom stereocenters. The number of hydrogen-bond donors (Lipinski definition) is 0. The van der Waals surface area contributed by atoms with Crippen molar-refractivity contribution >= 4 is 29.2 Å². The Morgan fingerprint density at radius 3 is 2.47 bits per heavy atom. The van der Waals surface area contributed by atoms with Gasteiger partial charge in [-0.2, -0.15) is 0 Å². The number of piperazine rings is 1. The number of nitrogens with zero attached hydrogens (tertiary/aromatic N) is 4. The average molecular weight is 451 g/mol. The summed E-state index contributed by atoms with van der Waals surface area (Å²) >= 11 is 1.40. The number of thiazole rings is 1. The molecule has 0 radical (unpaired) electrons. The van der Waals surface area contributed by atoms with Gasteiger partial charge in [0.1, 0.15) is 4.88 Å². The first-order valence-electron chi connectivity index (χ1n) is 11.6.